The normalized spacial score (nSPS) is 14.3. The molecular weight excluding hydrogens is 206 g/mol. The summed E-state index contributed by atoms with van der Waals surface area (Å²) < 4.78 is 0. The molecule has 1 saturated carbocycles. The molecule has 1 fully saturated rings. The lowest BCUT2D eigenvalue weighted by atomic mass is 10.5. The van der Waals surface area contributed by atoms with Crippen LogP contribution in [0.15, 0.2) is 12.4 Å². The van der Waals surface area contributed by atoms with Crippen molar-refractivity contribution in [2.45, 2.75) is 18.9 Å². The van der Waals surface area contributed by atoms with Crippen LogP contribution in [0.1, 0.15) is 12.8 Å². The van der Waals surface area contributed by atoms with Crippen molar-refractivity contribution in [2.24, 2.45) is 0 Å². The van der Waals surface area contributed by atoms with E-state index in [0.29, 0.717) is 11.9 Å². The molecule has 16 heavy (non-hydrogen) atoms. The number of carbonyl (C=O) groups excluding carboxylic acids is 1. The Morgan fingerprint density at radius 1 is 1.44 bits per heavy atom. The van der Waals surface area contributed by atoms with Gasteiger partial charge in [0.1, 0.15) is 18.0 Å². The quantitative estimate of drug-likeness (QED) is 0.662. The Balaban J connectivity index is 1.80. The third kappa shape index (κ3) is 3.08. The molecule has 1 heterocycles. The van der Waals surface area contributed by atoms with Gasteiger partial charge in [0.05, 0.1) is 6.54 Å². The number of nitrogens with one attached hydrogen (secondary N) is 3. The van der Waals surface area contributed by atoms with Gasteiger partial charge in [0.2, 0.25) is 5.91 Å². The predicted octanol–water partition coefficient (Wildman–Crippen LogP) is 0.209. The molecule has 6 heteroatoms. The molecule has 0 aliphatic heterocycles. The van der Waals surface area contributed by atoms with Gasteiger partial charge in [-0.15, -0.1) is 0 Å². The van der Waals surface area contributed by atoms with Crippen LogP contribution in [0.3, 0.4) is 0 Å². The molecule has 1 aliphatic rings. The summed E-state index contributed by atoms with van der Waals surface area (Å²) in [5.41, 5.74) is 0. The van der Waals surface area contributed by atoms with Gasteiger partial charge in [0.25, 0.3) is 0 Å². The molecule has 0 atom stereocenters. The lowest BCUT2D eigenvalue weighted by molar-refractivity contribution is -0.119. The van der Waals surface area contributed by atoms with Gasteiger partial charge < -0.3 is 16.0 Å². The molecule has 1 aliphatic carbocycles. The first-order chi connectivity index (χ1) is 7.78. The van der Waals surface area contributed by atoms with Crippen molar-refractivity contribution in [3.05, 3.63) is 12.4 Å². The Kier molecular flexibility index (Phi) is 3.19. The monoisotopic (exact) mass is 221 g/mol. The van der Waals surface area contributed by atoms with E-state index in [9.17, 15) is 4.79 Å². The molecule has 0 bridgehead atoms. The minimum absolute atomic E-state index is 0.00659. The molecule has 0 aromatic carbocycles. The van der Waals surface area contributed by atoms with Gasteiger partial charge in [-0.1, -0.05) is 0 Å². The van der Waals surface area contributed by atoms with E-state index in [1.54, 1.807) is 13.1 Å². The summed E-state index contributed by atoms with van der Waals surface area (Å²) in [5, 5.41) is 8.75. The molecule has 1 aromatic rings. The van der Waals surface area contributed by atoms with E-state index < -0.39 is 0 Å². The maximum absolute atomic E-state index is 11.4. The number of carbonyl (C=O) groups is 1. The lowest BCUT2D eigenvalue weighted by Crippen LogP contribution is -2.31. The molecule has 1 amide bonds. The first kappa shape index (κ1) is 10.7. The van der Waals surface area contributed by atoms with Crippen molar-refractivity contribution in [2.75, 3.05) is 24.2 Å². The van der Waals surface area contributed by atoms with E-state index >= 15 is 0 Å². The molecule has 6 nitrogen and oxygen atoms in total. The molecule has 86 valence electrons. The minimum atomic E-state index is 0.00659. The average molecular weight is 221 g/mol. The molecule has 0 saturated heterocycles. The zero-order valence-electron chi connectivity index (χ0n) is 9.16. The van der Waals surface area contributed by atoms with E-state index in [1.165, 1.54) is 6.33 Å². The summed E-state index contributed by atoms with van der Waals surface area (Å²) in [6.07, 6.45) is 3.65. The number of rotatable bonds is 5. The smallest absolute Gasteiger partial charge is 0.239 e. The highest BCUT2D eigenvalue weighted by Crippen LogP contribution is 2.18. The van der Waals surface area contributed by atoms with Crippen molar-refractivity contribution in [3.8, 4) is 0 Å². The highest BCUT2D eigenvalue weighted by atomic mass is 16.2. The van der Waals surface area contributed by atoms with Gasteiger partial charge in [0, 0.05) is 19.2 Å². The Bertz CT molecular complexity index is 377. The largest absolute Gasteiger partial charge is 0.373 e. The third-order valence-corrected chi connectivity index (χ3v) is 2.30. The van der Waals surface area contributed by atoms with Crippen molar-refractivity contribution in [1.29, 1.82) is 0 Å². The number of aromatic nitrogens is 2. The second-order valence-corrected chi connectivity index (χ2v) is 3.73. The molecular formula is C10H15N5O. The second-order valence-electron chi connectivity index (χ2n) is 3.73. The Labute approximate surface area is 93.9 Å². The zero-order valence-corrected chi connectivity index (χ0v) is 9.16. The van der Waals surface area contributed by atoms with Gasteiger partial charge in [-0.3, -0.25) is 4.79 Å². The SMILES string of the molecule is CNc1cc(NCC(=O)NC2CC2)ncn1. The summed E-state index contributed by atoms with van der Waals surface area (Å²) >= 11 is 0. The van der Waals surface area contributed by atoms with Crippen LogP contribution >= 0.6 is 0 Å². The minimum Gasteiger partial charge on any atom is -0.373 e. The van der Waals surface area contributed by atoms with Crippen LogP contribution < -0.4 is 16.0 Å². The van der Waals surface area contributed by atoms with Gasteiger partial charge in [-0.25, -0.2) is 9.97 Å². The molecule has 2 rings (SSSR count). The molecule has 3 N–H and O–H groups in total. The van der Waals surface area contributed by atoms with E-state index in [2.05, 4.69) is 25.9 Å². The Hall–Kier alpha value is -1.85. The van der Waals surface area contributed by atoms with Crippen molar-refractivity contribution in [3.63, 3.8) is 0 Å². The summed E-state index contributed by atoms with van der Waals surface area (Å²) in [7, 11) is 1.78. The maximum atomic E-state index is 11.4. The van der Waals surface area contributed by atoms with Gasteiger partial charge in [0.15, 0.2) is 0 Å². The number of amides is 1. The first-order valence-corrected chi connectivity index (χ1v) is 5.31. The zero-order chi connectivity index (χ0) is 11.4. The first-order valence-electron chi connectivity index (χ1n) is 5.31. The molecule has 0 unspecified atom stereocenters. The van der Waals surface area contributed by atoms with Crippen LogP contribution in [-0.4, -0.2) is 35.5 Å². The second kappa shape index (κ2) is 4.78. The van der Waals surface area contributed by atoms with E-state index in [0.717, 1.165) is 18.7 Å². The number of anilines is 2. The summed E-state index contributed by atoms with van der Waals surface area (Å²) in [5.74, 6) is 1.37. The highest BCUT2D eigenvalue weighted by Gasteiger charge is 2.22. The Morgan fingerprint density at radius 3 is 2.88 bits per heavy atom. The fourth-order valence-corrected chi connectivity index (χ4v) is 1.27. The fourth-order valence-electron chi connectivity index (χ4n) is 1.27. The van der Waals surface area contributed by atoms with Crippen molar-refractivity contribution in [1.82, 2.24) is 15.3 Å². The van der Waals surface area contributed by atoms with Gasteiger partial charge in [-0.2, -0.15) is 0 Å². The third-order valence-electron chi connectivity index (χ3n) is 2.30. The number of nitrogens with zero attached hydrogens (tertiary/aromatic N) is 2. The standard InChI is InChI=1S/C10H15N5O/c1-11-8-4-9(14-6-13-8)12-5-10(16)15-7-2-3-7/h4,6-7H,2-3,5H2,1H3,(H,15,16)(H2,11,12,13,14). The molecule has 0 spiro atoms. The maximum Gasteiger partial charge on any atom is 0.239 e. The average Bonchev–Trinajstić information content (AvgIpc) is 3.10. The van der Waals surface area contributed by atoms with Crippen molar-refractivity contribution >= 4 is 17.5 Å². The summed E-state index contributed by atoms with van der Waals surface area (Å²) in [4.78, 5) is 19.4. The molecule has 1 aromatic heterocycles. The Morgan fingerprint density at radius 2 is 2.19 bits per heavy atom. The predicted molar refractivity (Wildman–Crippen MR) is 61.2 cm³/mol. The van der Waals surface area contributed by atoms with Crippen LogP contribution in [0.25, 0.3) is 0 Å². The van der Waals surface area contributed by atoms with E-state index in [1.807, 2.05) is 0 Å². The van der Waals surface area contributed by atoms with Crippen LogP contribution in [0.2, 0.25) is 0 Å². The van der Waals surface area contributed by atoms with Crippen LogP contribution in [-0.2, 0) is 4.79 Å². The van der Waals surface area contributed by atoms with E-state index in [-0.39, 0.29) is 12.5 Å². The lowest BCUT2D eigenvalue weighted by Gasteiger charge is -2.06. The van der Waals surface area contributed by atoms with Gasteiger partial charge >= 0.3 is 0 Å². The van der Waals surface area contributed by atoms with Crippen LogP contribution in [0.4, 0.5) is 11.6 Å². The van der Waals surface area contributed by atoms with Crippen LogP contribution in [0.5, 0.6) is 0 Å². The van der Waals surface area contributed by atoms with Crippen molar-refractivity contribution < 1.29 is 4.79 Å². The van der Waals surface area contributed by atoms with Gasteiger partial charge in [-0.05, 0) is 12.8 Å². The van der Waals surface area contributed by atoms with E-state index in [4.69, 9.17) is 0 Å². The topological polar surface area (TPSA) is 78.9 Å². The summed E-state index contributed by atoms with van der Waals surface area (Å²) in [6.45, 7) is 0.247. The molecule has 0 radical (unpaired) electrons. The highest BCUT2D eigenvalue weighted by molar-refractivity contribution is 5.81. The summed E-state index contributed by atoms with van der Waals surface area (Å²) in [6, 6.07) is 2.15. The number of hydrogen-bond donors (Lipinski definition) is 3. The fraction of sp³-hybridized carbons (Fsp3) is 0.500. The van der Waals surface area contributed by atoms with Crippen LogP contribution in [0, 0.1) is 0 Å². The number of hydrogen-bond acceptors (Lipinski definition) is 5.